The van der Waals surface area contributed by atoms with Crippen molar-refractivity contribution in [2.75, 3.05) is 6.54 Å². The van der Waals surface area contributed by atoms with Crippen LogP contribution < -0.4 is 11.7 Å². The molecule has 0 aliphatic carbocycles. The number of nitrogens with two attached hydrogens (primary N) is 2. The Morgan fingerprint density at radius 1 is 1.24 bits per heavy atom. The van der Waals surface area contributed by atoms with Gasteiger partial charge in [-0.2, -0.15) is 13.9 Å². The highest BCUT2D eigenvalue weighted by atomic mass is 35.5. The summed E-state index contributed by atoms with van der Waals surface area (Å²) < 4.78 is 59.2. The van der Waals surface area contributed by atoms with Crippen LogP contribution in [0.1, 0.15) is 10.6 Å². The summed E-state index contributed by atoms with van der Waals surface area (Å²) in [6.45, 7) is -1.03. The number of nitrogens with zero attached hydrogens (tertiary/aromatic N) is 3. The first-order valence-electron chi connectivity index (χ1n) is 7.95. The molecule has 3 aromatic rings. The highest BCUT2D eigenvalue weighted by molar-refractivity contribution is 7.18. The maximum atomic E-state index is 15.6. The average Bonchev–Trinajstić information content (AvgIpc) is 3.05. The Kier molecular flexibility index (Phi) is 5.68. The molecule has 0 spiro atoms. The van der Waals surface area contributed by atoms with Crippen molar-refractivity contribution in [2.24, 2.45) is 16.8 Å². The van der Waals surface area contributed by atoms with Crippen LogP contribution in [-0.2, 0) is 11.5 Å². The van der Waals surface area contributed by atoms with E-state index >= 15 is 8.78 Å². The first kappa shape index (κ1) is 21.2. The fourth-order valence-corrected chi connectivity index (χ4v) is 4.07. The second-order valence-electron chi connectivity index (χ2n) is 6.13. The number of hydrazine groups is 1. The van der Waals surface area contributed by atoms with Crippen molar-refractivity contribution < 1.29 is 22.7 Å². The molecule has 0 radical (unpaired) electrons. The van der Waals surface area contributed by atoms with Gasteiger partial charge in [-0.1, -0.05) is 11.6 Å². The van der Waals surface area contributed by atoms with Crippen LogP contribution in [0.4, 0.5) is 17.6 Å². The number of alkyl halides is 2. The Bertz CT molecular complexity index is 1080. The monoisotopic (exact) mass is 447 g/mol. The van der Waals surface area contributed by atoms with E-state index in [2.05, 4.69) is 10.1 Å². The van der Waals surface area contributed by atoms with E-state index in [0.717, 1.165) is 18.5 Å². The molecule has 5 N–H and O–H groups in total. The zero-order valence-electron chi connectivity index (χ0n) is 14.5. The molecule has 0 saturated carbocycles. The van der Waals surface area contributed by atoms with Gasteiger partial charge in [-0.3, -0.25) is 5.01 Å². The summed E-state index contributed by atoms with van der Waals surface area (Å²) in [6.07, 6.45) is 0.764. The van der Waals surface area contributed by atoms with Gasteiger partial charge in [0.2, 0.25) is 0 Å². The molecule has 29 heavy (non-hydrogen) atoms. The minimum Gasteiger partial charge on any atom is -0.377 e. The molecule has 0 bridgehead atoms. The van der Waals surface area contributed by atoms with Crippen LogP contribution >= 0.6 is 22.9 Å². The third-order valence-corrected chi connectivity index (χ3v) is 5.46. The van der Waals surface area contributed by atoms with Gasteiger partial charge in [0.1, 0.15) is 18.0 Å². The largest absolute Gasteiger partial charge is 0.377 e. The normalized spacial score (nSPS) is 14.4. The molecule has 0 saturated heterocycles. The van der Waals surface area contributed by atoms with E-state index in [1.807, 2.05) is 0 Å². The lowest BCUT2D eigenvalue weighted by Crippen LogP contribution is -2.53. The van der Waals surface area contributed by atoms with Crippen molar-refractivity contribution in [2.45, 2.75) is 11.5 Å². The minimum absolute atomic E-state index is 0.212. The topological polar surface area (TPSA) is 101 Å². The minimum atomic E-state index is -4.14. The van der Waals surface area contributed by atoms with Gasteiger partial charge >= 0.3 is 5.92 Å². The van der Waals surface area contributed by atoms with Crippen molar-refractivity contribution in [3.8, 4) is 0 Å². The lowest BCUT2D eigenvalue weighted by Gasteiger charge is -2.37. The van der Waals surface area contributed by atoms with E-state index in [4.69, 9.17) is 23.3 Å². The molecule has 1 unspecified atom stereocenters. The summed E-state index contributed by atoms with van der Waals surface area (Å²) in [5.74, 6) is 3.97. The Balaban J connectivity index is 2.19. The van der Waals surface area contributed by atoms with Crippen LogP contribution in [0.3, 0.4) is 0 Å². The lowest BCUT2D eigenvalue weighted by molar-refractivity contribution is -0.201. The molecule has 2 aromatic carbocycles. The molecule has 1 heterocycles. The Morgan fingerprint density at radius 3 is 2.62 bits per heavy atom. The van der Waals surface area contributed by atoms with E-state index in [1.165, 1.54) is 18.2 Å². The van der Waals surface area contributed by atoms with Gasteiger partial charge in [-0.25, -0.2) is 19.6 Å². The van der Waals surface area contributed by atoms with Crippen LogP contribution in [0.5, 0.6) is 0 Å². The number of benzene rings is 2. The molecule has 3 rings (SSSR count). The summed E-state index contributed by atoms with van der Waals surface area (Å²) >= 11 is 6.44. The molecule has 6 nitrogen and oxygen atoms in total. The van der Waals surface area contributed by atoms with Crippen molar-refractivity contribution in [3.05, 3.63) is 63.6 Å². The number of fused-ring (bicyclic) bond motifs is 1. The second kappa shape index (κ2) is 7.75. The van der Waals surface area contributed by atoms with Crippen molar-refractivity contribution in [1.29, 1.82) is 0 Å². The van der Waals surface area contributed by atoms with E-state index in [0.29, 0.717) is 32.1 Å². The molecular formula is C17H14ClF4N5OS. The Labute approximate surface area is 171 Å². The van der Waals surface area contributed by atoms with E-state index in [9.17, 15) is 13.9 Å². The summed E-state index contributed by atoms with van der Waals surface area (Å²) in [6, 6.07) is 6.18. The summed E-state index contributed by atoms with van der Waals surface area (Å²) in [4.78, 5) is 3.85. The van der Waals surface area contributed by atoms with Crippen LogP contribution in [0.2, 0.25) is 5.02 Å². The summed E-state index contributed by atoms with van der Waals surface area (Å²) in [5.41, 5.74) is -3.90. The number of hydrazone groups is 1. The number of aromatic nitrogens is 1. The number of hydrogen-bond acceptors (Lipinski definition) is 6. The molecule has 0 aliphatic heterocycles. The third-order valence-electron chi connectivity index (χ3n) is 4.14. The van der Waals surface area contributed by atoms with Crippen molar-refractivity contribution in [3.63, 3.8) is 0 Å². The SMILES string of the molecule is N/N=C\N(N)CC(O)(c1ccc(F)cc1F)C(F)(F)c1nc2ccc(Cl)cc2s1. The van der Waals surface area contributed by atoms with Crippen LogP contribution in [0, 0.1) is 11.6 Å². The molecule has 1 aromatic heterocycles. The fraction of sp³-hybridized carbons (Fsp3) is 0.176. The van der Waals surface area contributed by atoms with Crippen molar-refractivity contribution in [1.82, 2.24) is 9.99 Å². The van der Waals surface area contributed by atoms with E-state index in [1.54, 1.807) is 0 Å². The number of hydrogen-bond donors (Lipinski definition) is 3. The number of thiazole rings is 1. The molecule has 12 heteroatoms. The highest BCUT2D eigenvalue weighted by Gasteiger charge is 2.59. The number of halogens is 5. The van der Waals surface area contributed by atoms with Gasteiger partial charge in [0.25, 0.3) is 0 Å². The Morgan fingerprint density at radius 2 is 1.97 bits per heavy atom. The van der Waals surface area contributed by atoms with Gasteiger partial charge in [-0.05, 0) is 30.3 Å². The lowest BCUT2D eigenvalue weighted by atomic mass is 9.86. The quantitative estimate of drug-likeness (QED) is 0.177. The van der Waals surface area contributed by atoms with E-state index in [-0.39, 0.29) is 5.52 Å². The van der Waals surface area contributed by atoms with Crippen LogP contribution in [0.25, 0.3) is 10.2 Å². The Hall–Kier alpha value is -2.47. The standard InChI is InChI=1S/C17H14ClF4N5OS/c18-9-1-4-13-14(5-9)29-15(26-13)17(21,22)16(28,7-27(24)8-25-23)11-3-2-10(19)6-12(11)20/h1-6,8,28H,7,23-24H2/b25-8-. The molecule has 0 amide bonds. The van der Waals surface area contributed by atoms with Gasteiger partial charge in [0.05, 0.1) is 16.8 Å². The maximum absolute atomic E-state index is 15.6. The fourth-order valence-electron chi connectivity index (χ4n) is 2.78. The average molecular weight is 448 g/mol. The third kappa shape index (κ3) is 3.86. The predicted molar refractivity (Wildman–Crippen MR) is 102 cm³/mol. The van der Waals surface area contributed by atoms with Crippen molar-refractivity contribution >= 4 is 39.5 Å². The second-order valence-corrected chi connectivity index (χ2v) is 7.59. The van der Waals surface area contributed by atoms with Gasteiger partial charge in [0, 0.05) is 16.7 Å². The zero-order valence-corrected chi connectivity index (χ0v) is 16.1. The van der Waals surface area contributed by atoms with Gasteiger partial charge < -0.3 is 10.9 Å². The van der Waals surface area contributed by atoms with E-state index < -0.39 is 40.3 Å². The molecule has 0 aliphatic rings. The summed E-state index contributed by atoms with van der Waals surface area (Å²) in [7, 11) is 0. The first-order valence-corrected chi connectivity index (χ1v) is 9.15. The number of aliphatic hydroxyl groups is 1. The maximum Gasteiger partial charge on any atom is 0.332 e. The highest BCUT2D eigenvalue weighted by Crippen LogP contribution is 2.48. The molecule has 0 fully saturated rings. The molecule has 1 atom stereocenters. The number of rotatable bonds is 6. The molecular weight excluding hydrogens is 434 g/mol. The predicted octanol–water partition coefficient (Wildman–Crippen LogP) is 3.29. The van der Waals surface area contributed by atoms with Gasteiger partial charge in [-0.15, -0.1) is 11.3 Å². The van der Waals surface area contributed by atoms with Crippen LogP contribution in [0.15, 0.2) is 41.5 Å². The van der Waals surface area contributed by atoms with Gasteiger partial charge in [0.15, 0.2) is 10.6 Å². The zero-order chi connectivity index (χ0) is 21.4. The smallest absolute Gasteiger partial charge is 0.332 e. The van der Waals surface area contributed by atoms with Crippen LogP contribution in [-0.4, -0.2) is 28.0 Å². The summed E-state index contributed by atoms with van der Waals surface area (Å²) in [5, 5.41) is 14.2. The first-order chi connectivity index (χ1) is 13.6. The molecule has 154 valence electrons.